The van der Waals surface area contributed by atoms with E-state index in [0.29, 0.717) is 10.6 Å². The standard InChI is InChI=1S/C17H18N2O4S/c1-11-8-9-14(24-11)17(22)18-10-15(20)23-12(2)16(21)19-13-6-4-3-5-7-13/h3-9,12H,10H2,1-2H3,(H,18,22)(H,19,21)/t12-/m1/s1. The molecule has 0 fully saturated rings. The molecular formula is C17H18N2O4S. The van der Waals surface area contributed by atoms with Gasteiger partial charge in [0.15, 0.2) is 6.10 Å². The molecule has 2 rings (SSSR count). The quantitative estimate of drug-likeness (QED) is 0.787. The molecule has 1 aromatic carbocycles. The van der Waals surface area contributed by atoms with Crippen molar-refractivity contribution in [2.45, 2.75) is 20.0 Å². The average molecular weight is 346 g/mol. The lowest BCUT2D eigenvalue weighted by Gasteiger charge is -2.13. The zero-order valence-corrected chi connectivity index (χ0v) is 14.2. The molecule has 0 aliphatic carbocycles. The van der Waals surface area contributed by atoms with Crippen LogP contribution in [0.1, 0.15) is 21.5 Å². The van der Waals surface area contributed by atoms with Gasteiger partial charge in [0, 0.05) is 10.6 Å². The van der Waals surface area contributed by atoms with E-state index in [4.69, 9.17) is 4.74 Å². The highest BCUT2D eigenvalue weighted by Crippen LogP contribution is 2.14. The van der Waals surface area contributed by atoms with Crippen molar-refractivity contribution in [2.24, 2.45) is 0 Å². The number of carbonyl (C=O) groups is 3. The minimum Gasteiger partial charge on any atom is -0.451 e. The zero-order chi connectivity index (χ0) is 17.5. The van der Waals surface area contributed by atoms with Crippen LogP contribution < -0.4 is 10.6 Å². The Hall–Kier alpha value is -2.67. The Morgan fingerprint density at radius 3 is 2.46 bits per heavy atom. The normalized spacial score (nSPS) is 11.4. The third kappa shape index (κ3) is 5.20. The fourth-order valence-electron chi connectivity index (χ4n) is 1.85. The maximum Gasteiger partial charge on any atom is 0.326 e. The number of nitrogens with one attached hydrogen (secondary N) is 2. The van der Waals surface area contributed by atoms with Gasteiger partial charge in [-0.3, -0.25) is 14.4 Å². The summed E-state index contributed by atoms with van der Waals surface area (Å²) in [5.74, 6) is -1.45. The summed E-state index contributed by atoms with van der Waals surface area (Å²) in [5.41, 5.74) is 0.617. The van der Waals surface area contributed by atoms with Crippen LogP contribution >= 0.6 is 11.3 Å². The first kappa shape index (κ1) is 17.7. The van der Waals surface area contributed by atoms with E-state index in [1.54, 1.807) is 30.3 Å². The number of amides is 2. The molecule has 126 valence electrons. The number of carbonyl (C=O) groups excluding carboxylic acids is 3. The second kappa shape index (κ2) is 8.26. The van der Waals surface area contributed by atoms with Gasteiger partial charge in [-0.2, -0.15) is 0 Å². The van der Waals surface area contributed by atoms with Gasteiger partial charge in [-0.05, 0) is 38.1 Å². The average Bonchev–Trinajstić information content (AvgIpc) is 3.00. The van der Waals surface area contributed by atoms with E-state index in [-0.39, 0.29) is 12.5 Å². The topological polar surface area (TPSA) is 84.5 Å². The lowest BCUT2D eigenvalue weighted by Crippen LogP contribution is -2.35. The molecule has 24 heavy (non-hydrogen) atoms. The molecule has 1 aromatic heterocycles. The molecule has 0 radical (unpaired) electrons. The second-order valence-corrected chi connectivity index (χ2v) is 6.37. The molecule has 0 saturated heterocycles. The Morgan fingerprint density at radius 1 is 1.12 bits per heavy atom. The number of benzene rings is 1. The van der Waals surface area contributed by atoms with Gasteiger partial charge in [-0.15, -0.1) is 11.3 Å². The molecule has 2 aromatic rings. The van der Waals surface area contributed by atoms with Crippen molar-refractivity contribution >= 4 is 34.8 Å². The van der Waals surface area contributed by atoms with E-state index in [1.165, 1.54) is 18.3 Å². The predicted octanol–water partition coefficient (Wildman–Crippen LogP) is 2.36. The van der Waals surface area contributed by atoms with E-state index in [9.17, 15) is 14.4 Å². The molecule has 0 aliphatic rings. The minimum atomic E-state index is -0.960. The maximum atomic E-state index is 11.9. The molecule has 0 unspecified atom stereocenters. The summed E-state index contributed by atoms with van der Waals surface area (Å²) in [7, 11) is 0. The first-order valence-electron chi connectivity index (χ1n) is 7.35. The lowest BCUT2D eigenvalue weighted by molar-refractivity contribution is -0.152. The van der Waals surface area contributed by atoms with Crippen LogP contribution in [0.15, 0.2) is 42.5 Å². The second-order valence-electron chi connectivity index (χ2n) is 5.08. The number of para-hydroxylation sites is 1. The van der Waals surface area contributed by atoms with Gasteiger partial charge < -0.3 is 15.4 Å². The maximum absolute atomic E-state index is 11.9. The van der Waals surface area contributed by atoms with E-state index in [1.807, 2.05) is 19.1 Å². The van der Waals surface area contributed by atoms with Crippen molar-refractivity contribution in [3.05, 3.63) is 52.2 Å². The van der Waals surface area contributed by atoms with Gasteiger partial charge in [-0.25, -0.2) is 0 Å². The van der Waals surface area contributed by atoms with Crippen LogP contribution in [0.2, 0.25) is 0 Å². The Morgan fingerprint density at radius 2 is 1.83 bits per heavy atom. The van der Waals surface area contributed by atoms with Crippen molar-refractivity contribution < 1.29 is 19.1 Å². The zero-order valence-electron chi connectivity index (χ0n) is 13.4. The molecular weight excluding hydrogens is 328 g/mol. The lowest BCUT2D eigenvalue weighted by atomic mass is 10.3. The molecule has 2 amide bonds. The fourth-order valence-corrected chi connectivity index (χ4v) is 2.64. The van der Waals surface area contributed by atoms with Crippen molar-refractivity contribution in [1.82, 2.24) is 5.32 Å². The van der Waals surface area contributed by atoms with Crippen molar-refractivity contribution in [1.29, 1.82) is 0 Å². The largest absolute Gasteiger partial charge is 0.451 e. The van der Waals surface area contributed by atoms with E-state index in [0.717, 1.165) is 4.88 Å². The van der Waals surface area contributed by atoms with Gasteiger partial charge in [0.2, 0.25) is 0 Å². The molecule has 0 aliphatic heterocycles. The van der Waals surface area contributed by atoms with E-state index < -0.39 is 18.0 Å². The molecule has 7 heteroatoms. The highest BCUT2D eigenvalue weighted by atomic mass is 32.1. The minimum absolute atomic E-state index is 0.293. The van der Waals surface area contributed by atoms with Crippen LogP contribution in [0.3, 0.4) is 0 Å². The molecule has 1 atom stereocenters. The highest BCUT2D eigenvalue weighted by molar-refractivity contribution is 7.13. The molecule has 0 spiro atoms. The number of ether oxygens (including phenoxy) is 1. The number of hydrogen-bond donors (Lipinski definition) is 2. The number of esters is 1. The highest BCUT2D eigenvalue weighted by Gasteiger charge is 2.18. The van der Waals surface area contributed by atoms with Crippen molar-refractivity contribution in [3.8, 4) is 0 Å². The van der Waals surface area contributed by atoms with Crippen LogP contribution in [-0.4, -0.2) is 30.4 Å². The SMILES string of the molecule is Cc1ccc(C(=O)NCC(=O)O[C@H](C)C(=O)Nc2ccccc2)s1. The van der Waals surface area contributed by atoms with Crippen LogP contribution in [0.5, 0.6) is 0 Å². The first-order chi connectivity index (χ1) is 11.5. The van der Waals surface area contributed by atoms with Gasteiger partial charge in [0.25, 0.3) is 11.8 Å². The molecule has 1 heterocycles. The smallest absolute Gasteiger partial charge is 0.326 e. The summed E-state index contributed by atoms with van der Waals surface area (Å²) in [4.78, 5) is 37.0. The Bertz CT molecular complexity index is 727. The number of rotatable bonds is 6. The summed E-state index contributed by atoms with van der Waals surface area (Å²) in [6, 6.07) is 12.4. The fraction of sp³-hybridized carbons (Fsp3) is 0.235. The van der Waals surface area contributed by atoms with Crippen molar-refractivity contribution in [3.63, 3.8) is 0 Å². The molecule has 2 N–H and O–H groups in total. The number of thiophene rings is 1. The van der Waals surface area contributed by atoms with Crippen LogP contribution in [0.4, 0.5) is 5.69 Å². The summed E-state index contributed by atoms with van der Waals surface area (Å²) in [6.45, 7) is 3.07. The number of hydrogen-bond acceptors (Lipinski definition) is 5. The van der Waals surface area contributed by atoms with Gasteiger partial charge >= 0.3 is 5.97 Å². The van der Waals surface area contributed by atoms with Crippen LogP contribution in [0.25, 0.3) is 0 Å². The Kier molecular flexibility index (Phi) is 6.08. The number of aryl methyl sites for hydroxylation is 1. The summed E-state index contributed by atoms with van der Waals surface area (Å²) in [6.07, 6.45) is -0.960. The van der Waals surface area contributed by atoms with Gasteiger partial charge in [0.1, 0.15) is 6.54 Å². The number of anilines is 1. The monoisotopic (exact) mass is 346 g/mol. The Balaban J connectivity index is 1.77. The van der Waals surface area contributed by atoms with E-state index >= 15 is 0 Å². The van der Waals surface area contributed by atoms with Gasteiger partial charge in [-0.1, -0.05) is 18.2 Å². The first-order valence-corrected chi connectivity index (χ1v) is 8.17. The predicted molar refractivity (Wildman–Crippen MR) is 92.0 cm³/mol. The third-order valence-corrected chi connectivity index (χ3v) is 4.08. The van der Waals surface area contributed by atoms with Crippen molar-refractivity contribution in [2.75, 3.05) is 11.9 Å². The molecule has 6 nitrogen and oxygen atoms in total. The summed E-state index contributed by atoms with van der Waals surface area (Å²) in [5, 5.41) is 5.11. The summed E-state index contributed by atoms with van der Waals surface area (Å²) < 4.78 is 5.01. The van der Waals surface area contributed by atoms with Crippen LogP contribution in [0, 0.1) is 6.92 Å². The summed E-state index contributed by atoms with van der Waals surface area (Å²) >= 11 is 1.34. The third-order valence-electron chi connectivity index (χ3n) is 3.08. The molecule has 0 saturated carbocycles. The van der Waals surface area contributed by atoms with Gasteiger partial charge in [0.05, 0.1) is 4.88 Å². The Labute approximate surface area is 143 Å². The molecule has 0 bridgehead atoms. The van der Waals surface area contributed by atoms with E-state index in [2.05, 4.69) is 10.6 Å². The van der Waals surface area contributed by atoms with Crippen LogP contribution in [-0.2, 0) is 14.3 Å².